The molecule has 1 aromatic carbocycles. The molecule has 2 rings (SSSR count). The van der Waals surface area contributed by atoms with Crippen molar-refractivity contribution in [1.29, 1.82) is 5.26 Å². The Labute approximate surface area is 196 Å². The van der Waals surface area contributed by atoms with E-state index < -0.39 is 30.2 Å². The second kappa shape index (κ2) is 12.0. The van der Waals surface area contributed by atoms with Crippen LogP contribution in [0.15, 0.2) is 30.8 Å². The van der Waals surface area contributed by atoms with Gasteiger partial charge in [0.25, 0.3) is 0 Å². The summed E-state index contributed by atoms with van der Waals surface area (Å²) >= 11 is 0. The Balaban J connectivity index is 2.28. The molecule has 1 atom stereocenters. The second-order valence-corrected chi connectivity index (χ2v) is 9.16. The maximum absolute atomic E-state index is 13.4. The standard InChI is InChI=1S/C25H34N4O4/c1-5-18-10-9-11-19(16-18)22(23(31)28-20-12-7-6-8-13-20)29(15-14-26)21(30)17-27-24(32)33-25(2,3)4/h5,9-11,16,20,22H,1,6-8,12-13,15,17H2,2-4H3,(H,27,32)(H,28,31). The van der Waals surface area contributed by atoms with Gasteiger partial charge in [0.05, 0.1) is 6.07 Å². The van der Waals surface area contributed by atoms with Gasteiger partial charge in [-0.1, -0.05) is 50.1 Å². The first-order valence-electron chi connectivity index (χ1n) is 11.3. The molecule has 0 aliphatic heterocycles. The van der Waals surface area contributed by atoms with Crippen LogP contribution in [0.25, 0.3) is 6.08 Å². The molecule has 1 aromatic rings. The van der Waals surface area contributed by atoms with Crippen molar-refractivity contribution >= 4 is 24.0 Å². The van der Waals surface area contributed by atoms with E-state index in [4.69, 9.17) is 4.74 Å². The minimum absolute atomic E-state index is 0.0373. The van der Waals surface area contributed by atoms with Crippen molar-refractivity contribution in [2.24, 2.45) is 0 Å². The number of hydrogen-bond acceptors (Lipinski definition) is 5. The number of rotatable bonds is 8. The molecule has 8 nitrogen and oxygen atoms in total. The highest BCUT2D eigenvalue weighted by molar-refractivity contribution is 5.90. The Morgan fingerprint density at radius 3 is 2.58 bits per heavy atom. The van der Waals surface area contributed by atoms with E-state index >= 15 is 0 Å². The molecule has 1 aliphatic rings. The summed E-state index contributed by atoms with van der Waals surface area (Å²) in [6.45, 7) is 8.21. The van der Waals surface area contributed by atoms with Gasteiger partial charge in [-0.3, -0.25) is 9.59 Å². The summed E-state index contributed by atoms with van der Waals surface area (Å²) in [5.74, 6) is -0.904. The Kier molecular flexibility index (Phi) is 9.46. The lowest BCUT2D eigenvalue weighted by Crippen LogP contribution is -2.49. The topological polar surface area (TPSA) is 112 Å². The van der Waals surface area contributed by atoms with Gasteiger partial charge < -0.3 is 20.3 Å². The molecule has 0 spiro atoms. The smallest absolute Gasteiger partial charge is 0.408 e. The number of hydrogen-bond donors (Lipinski definition) is 2. The molecule has 1 saturated carbocycles. The van der Waals surface area contributed by atoms with Crippen LogP contribution in [-0.2, 0) is 14.3 Å². The molecule has 0 bridgehead atoms. The minimum atomic E-state index is -1.01. The molecule has 0 aromatic heterocycles. The molecule has 3 amide bonds. The number of amides is 3. The van der Waals surface area contributed by atoms with Crippen LogP contribution in [0.4, 0.5) is 4.79 Å². The highest BCUT2D eigenvalue weighted by atomic mass is 16.6. The zero-order valence-electron chi connectivity index (χ0n) is 19.7. The van der Waals surface area contributed by atoms with Crippen LogP contribution in [0.5, 0.6) is 0 Å². The van der Waals surface area contributed by atoms with Crippen LogP contribution in [0.3, 0.4) is 0 Å². The van der Waals surface area contributed by atoms with Crippen molar-refractivity contribution in [2.75, 3.05) is 13.1 Å². The van der Waals surface area contributed by atoms with E-state index in [9.17, 15) is 19.6 Å². The highest BCUT2D eigenvalue weighted by Crippen LogP contribution is 2.25. The molecule has 2 N–H and O–H groups in total. The summed E-state index contributed by atoms with van der Waals surface area (Å²) in [4.78, 5) is 39.7. The predicted molar refractivity (Wildman–Crippen MR) is 126 cm³/mol. The molecule has 0 saturated heterocycles. The van der Waals surface area contributed by atoms with Crippen LogP contribution < -0.4 is 10.6 Å². The third-order valence-electron chi connectivity index (χ3n) is 5.32. The van der Waals surface area contributed by atoms with Crippen molar-refractivity contribution in [3.63, 3.8) is 0 Å². The van der Waals surface area contributed by atoms with E-state index in [1.54, 1.807) is 45.0 Å². The number of benzene rings is 1. The summed E-state index contributed by atoms with van der Waals surface area (Å²) < 4.78 is 5.18. The van der Waals surface area contributed by atoms with E-state index in [0.717, 1.165) is 37.7 Å². The Morgan fingerprint density at radius 2 is 1.97 bits per heavy atom. The van der Waals surface area contributed by atoms with Crippen molar-refractivity contribution in [3.8, 4) is 6.07 Å². The van der Waals surface area contributed by atoms with Crippen LogP contribution in [0, 0.1) is 11.3 Å². The molecule has 178 valence electrons. The first-order chi connectivity index (χ1) is 15.6. The number of ether oxygens (including phenoxy) is 1. The lowest BCUT2D eigenvalue weighted by atomic mass is 9.94. The van der Waals surface area contributed by atoms with Gasteiger partial charge in [0.1, 0.15) is 24.7 Å². The van der Waals surface area contributed by atoms with Crippen LogP contribution >= 0.6 is 0 Å². The maximum atomic E-state index is 13.4. The molecular formula is C25H34N4O4. The van der Waals surface area contributed by atoms with Crippen LogP contribution in [0.1, 0.15) is 70.0 Å². The fraction of sp³-hybridized carbons (Fsp3) is 0.520. The maximum Gasteiger partial charge on any atom is 0.408 e. The number of carbonyl (C=O) groups is 3. The summed E-state index contributed by atoms with van der Waals surface area (Å²) in [5, 5.41) is 14.9. The Bertz CT molecular complexity index is 894. The van der Waals surface area contributed by atoms with Gasteiger partial charge in [-0.05, 0) is 50.8 Å². The molecule has 33 heavy (non-hydrogen) atoms. The molecule has 1 fully saturated rings. The number of nitrogens with zero attached hydrogens (tertiary/aromatic N) is 2. The molecule has 1 unspecified atom stereocenters. The summed E-state index contributed by atoms with van der Waals surface area (Å²) in [6.07, 6.45) is 5.91. The number of nitriles is 1. The van der Waals surface area contributed by atoms with Gasteiger partial charge in [-0.2, -0.15) is 5.26 Å². The monoisotopic (exact) mass is 454 g/mol. The first kappa shape index (κ1) is 25.9. The Morgan fingerprint density at radius 1 is 1.27 bits per heavy atom. The SMILES string of the molecule is C=Cc1cccc(C(C(=O)NC2CCCCC2)N(CC#N)C(=O)CNC(=O)OC(C)(C)C)c1. The predicted octanol–water partition coefficient (Wildman–Crippen LogP) is 3.70. The zero-order chi connectivity index (χ0) is 24.4. The summed E-state index contributed by atoms with van der Waals surface area (Å²) in [6, 6.07) is 8.14. The molecule has 8 heteroatoms. The van der Waals surface area contributed by atoms with Gasteiger partial charge in [-0.15, -0.1) is 0 Å². The van der Waals surface area contributed by atoms with Gasteiger partial charge in [0.15, 0.2) is 0 Å². The van der Waals surface area contributed by atoms with Crippen molar-refractivity contribution in [2.45, 2.75) is 70.6 Å². The molecule has 1 aliphatic carbocycles. The van der Waals surface area contributed by atoms with Crippen LogP contribution in [0.2, 0.25) is 0 Å². The fourth-order valence-corrected chi connectivity index (χ4v) is 3.82. The average Bonchev–Trinajstić information content (AvgIpc) is 2.77. The third kappa shape index (κ3) is 8.26. The second-order valence-electron chi connectivity index (χ2n) is 9.16. The normalized spacial score (nSPS) is 15.0. The van der Waals surface area contributed by atoms with Crippen molar-refractivity contribution in [1.82, 2.24) is 15.5 Å². The van der Waals surface area contributed by atoms with Gasteiger partial charge in [0, 0.05) is 6.04 Å². The quantitative estimate of drug-likeness (QED) is 0.582. The fourth-order valence-electron chi connectivity index (χ4n) is 3.82. The van der Waals surface area contributed by atoms with Gasteiger partial charge in [0.2, 0.25) is 11.8 Å². The van der Waals surface area contributed by atoms with Gasteiger partial charge in [-0.25, -0.2) is 4.79 Å². The summed E-state index contributed by atoms with van der Waals surface area (Å²) in [5.41, 5.74) is 0.647. The van der Waals surface area contributed by atoms with E-state index in [1.807, 2.05) is 12.1 Å². The van der Waals surface area contributed by atoms with E-state index in [-0.39, 0.29) is 18.5 Å². The number of alkyl carbamates (subject to hydrolysis) is 1. The van der Waals surface area contributed by atoms with Crippen LogP contribution in [-0.4, -0.2) is 47.5 Å². The number of nitrogens with one attached hydrogen (secondary N) is 2. The van der Waals surface area contributed by atoms with Crippen molar-refractivity contribution < 1.29 is 19.1 Å². The van der Waals surface area contributed by atoms with E-state index in [2.05, 4.69) is 17.2 Å². The Hall–Kier alpha value is -3.34. The van der Waals surface area contributed by atoms with Crippen molar-refractivity contribution in [3.05, 3.63) is 42.0 Å². The highest BCUT2D eigenvalue weighted by Gasteiger charge is 2.33. The molecular weight excluding hydrogens is 420 g/mol. The van der Waals surface area contributed by atoms with E-state index in [0.29, 0.717) is 5.56 Å². The summed E-state index contributed by atoms with van der Waals surface area (Å²) in [7, 11) is 0. The zero-order valence-corrected chi connectivity index (χ0v) is 19.7. The number of carbonyl (C=O) groups excluding carboxylic acids is 3. The first-order valence-corrected chi connectivity index (χ1v) is 11.3. The lowest BCUT2D eigenvalue weighted by Gasteiger charge is -2.32. The van der Waals surface area contributed by atoms with E-state index in [1.165, 1.54) is 4.90 Å². The third-order valence-corrected chi connectivity index (χ3v) is 5.32. The van der Waals surface area contributed by atoms with Gasteiger partial charge >= 0.3 is 6.09 Å². The molecule has 0 heterocycles. The molecule has 0 radical (unpaired) electrons. The average molecular weight is 455 g/mol. The largest absolute Gasteiger partial charge is 0.444 e. The minimum Gasteiger partial charge on any atom is -0.444 e. The lowest BCUT2D eigenvalue weighted by molar-refractivity contribution is -0.139.